The Morgan fingerprint density at radius 1 is 0.443 bits per heavy atom. The molecule has 0 aromatic carbocycles. The smallest absolute Gasteiger partial charge is 0.220 e. The van der Waals surface area contributed by atoms with Gasteiger partial charge in [-0.05, 0) is 32.1 Å². The normalized spacial score (nSPS) is 24.5. The van der Waals surface area contributed by atoms with Gasteiger partial charge in [-0.25, -0.2) is 0 Å². The molecule has 0 spiro atoms. The quantitative estimate of drug-likeness (QED) is 0.0204. The molecule has 14 nitrogen and oxygen atoms in total. The lowest BCUT2D eigenvalue weighted by molar-refractivity contribution is -0.359. The Hall–Kier alpha value is -1.53. The second kappa shape index (κ2) is 50.9. The number of aliphatic hydroxyl groups is 8. The summed E-state index contributed by atoms with van der Waals surface area (Å²) in [5.74, 6) is -0.243. The number of hydrogen-bond acceptors (Lipinski definition) is 13. The molecular weight excluding hydrogens is 1000 g/mol. The monoisotopic (exact) mass is 1130 g/mol. The summed E-state index contributed by atoms with van der Waals surface area (Å²) >= 11 is 0. The maximum Gasteiger partial charge on any atom is 0.220 e. The number of carbonyl (C=O) groups is 1. The zero-order valence-electron chi connectivity index (χ0n) is 50.4. The van der Waals surface area contributed by atoms with Crippen LogP contribution in [0.2, 0.25) is 0 Å². The van der Waals surface area contributed by atoms with Crippen LogP contribution in [0.1, 0.15) is 290 Å². The molecule has 466 valence electrons. The van der Waals surface area contributed by atoms with Gasteiger partial charge in [0.25, 0.3) is 0 Å². The molecule has 79 heavy (non-hydrogen) atoms. The first kappa shape index (κ1) is 73.6. The molecule has 9 N–H and O–H groups in total. The predicted molar refractivity (Wildman–Crippen MR) is 318 cm³/mol. The number of carbonyl (C=O) groups excluding carboxylic acids is 1. The van der Waals surface area contributed by atoms with E-state index in [2.05, 4.69) is 31.3 Å². The summed E-state index contributed by atoms with van der Waals surface area (Å²) in [5.41, 5.74) is 0. The first-order chi connectivity index (χ1) is 38.6. The van der Waals surface area contributed by atoms with E-state index in [0.29, 0.717) is 12.8 Å². The topological polar surface area (TPSA) is 228 Å². The maximum atomic E-state index is 13.3. The van der Waals surface area contributed by atoms with E-state index in [-0.39, 0.29) is 18.9 Å². The van der Waals surface area contributed by atoms with Gasteiger partial charge < -0.3 is 65.1 Å². The van der Waals surface area contributed by atoms with Crippen molar-refractivity contribution in [2.45, 2.75) is 364 Å². The van der Waals surface area contributed by atoms with E-state index in [4.69, 9.17) is 18.9 Å². The van der Waals surface area contributed by atoms with E-state index in [0.717, 1.165) is 32.1 Å². The van der Waals surface area contributed by atoms with Gasteiger partial charge in [-0.3, -0.25) is 4.79 Å². The van der Waals surface area contributed by atoms with Crippen molar-refractivity contribution in [3.05, 3.63) is 24.3 Å². The third-order valence-corrected chi connectivity index (χ3v) is 16.4. The minimum Gasteiger partial charge on any atom is -0.394 e. The first-order valence-electron chi connectivity index (χ1n) is 33.1. The third kappa shape index (κ3) is 36.0. The predicted octanol–water partition coefficient (Wildman–Crippen LogP) is 12.4. The first-order valence-corrected chi connectivity index (χ1v) is 33.1. The van der Waals surface area contributed by atoms with Gasteiger partial charge in [0, 0.05) is 6.42 Å². The van der Waals surface area contributed by atoms with Crippen LogP contribution in [0, 0.1) is 0 Å². The Balaban J connectivity index is 1.73. The largest absolute Gasteiger partial charge is 0.394 e. The van der Waals surface area contributed by atoms with Crippen molar-refractivity contribution < 1.29 is 64.6 Å². The van der Waals surface area contributed by atoms with Crippen LogP contribution in [-0.4, -0.2) is 140 Å². The van der Waals surface area contributed by atoms with Crippen molar-refractivity contribution in [1.29, 1.82) is 0 Å². The standard InChI is InChI=1S/C65H123NO13/c1-3-5-7-9-11-13-15-17-19-21-23-25-26-27-29-30-32-34-36-38-40-42-44-46-48-54(69)53(52-76-64-62(75)60(73)63(56(51-68)78-64)79-65-61(74)59(72)58(71)55(50-67)77-65)66-57(70)49-47-45-43-41-39-37-35-33-31-28-24-22-20-18-16-14-12-10-8-6-4-2/h38,40,46,48,53-56,58-65,67-69,71-75H,3-37,39,41-45,47,49-52H2,1-2H3,(H,66,70)/b40-38+,48-46+. The van der Waals surface area contributed by atoms with E-state index in [9.17, 15) is 45.6 Å². The third-order valence-electron chi connectivity index (χ3n) is 16.4. The highest BCUT2D eigenvalue weighted by Crippen LogP contribution is 2.30. The Kier molecular flexibility index (Phi) is 47.4. The number of amides is 1. The lowest BCUT2D eigenvalue weighted by atomic mass is 9.97. The van der Waals surface area contributed by atoms with Crippen LogP contribution < -0.4 is 5.32 Å². The highest BCUT2D eigenvalue weighted by atomic mass is 16.7. The van der Waals surface area contributed by atoms with Crippen molar-refractivity contribution in [2.75, 3.05) is 19.8 Å². The van der Waals surface area contributed by atoms with E-state index in [1.54, 1.807) is 6.08 Å². The highest BCUT2D eigenvalue weighted by Gasteiger charge is 2.51. The summed E-state index contributed by atoms with van der Waals surface area (Å²) in [6.07, 6.45) is 45.1. The minimum atomic E-state index is -1.79. The van der Waals surface area contributed by atoms with Crippen molar-refractivity contribution in [2.24, 2.45) is 0 Å². The lowest BCUT2D eigenvalue weighted by Gasteiger charge is -2.46. The summed E-state index contributed by atoms with van der Waals surface area (Å²) in [5, 5.41) is 87.3. The number of aliphatic hydroxyl groups excluding tert-OH is 8. The van der Waals surface area contributed by atoms with Crippen LogP contribution in [0.3, 0.4) is 0 Å². The van der Waals surface area contributed by atoms with Gasteiger partial charge in [-0.1, -0.05) is 276 Å². The second-order valence-corrected chi connectivity index (χ2v) is 23.6. The summed E-state index contributed by atoms with van der Waals surface area (Å²) in [7, 11) is 0. The Morgan fingerprint density at radius 2 is 0.810 bits per heavy atom. The van der Waals surface area contributed by atoms with E-state index in [1.165, 1.54) is 225 Å². The number of hydrogen-bond donors (Lipinski definition) is 9. The summed E-state index contributed by atoms with van der Waals surface area (Å²) in [6, 6.07) is -0.928. The fraction of sp³-hybridized carbons (Fsp3) is 0.923. The Morgan fingerprint density at radius 3 is 1.24 bits per heavy atom. The van der Waals surface area contributed by atoms with Gasteiger partial charge in [-0.2, -0.15) is 0 Å². The Bertz CT molecular complexity index is 1420. The number of unbranched alkanes of at least 4 members (excludes halogenated alkanes) is 39. The van der Waals surface area contributed by atoms with Gasteiger partial charge in [0.2, 0.25) is 5.91 Å². The zero-order valence-corrected chi connectivity index (χ0v) is 50.4. The van der Waals surface area contributed by atoms with Crippen LogP contribution in [0.15, 0.2) is 24.3 Å². The van der Waals surface area contributed by atoms with Gasteiger partial charge in [0.15, 0.2) is 12.6 Å². The number of ether oxygens (including phenoxy) is 4. The van der Waals surface area contributed by atoms with E-state index < -0.39 is 86.8 Å². The average molecular weight is 1130 g/mol. The summed E-state index contributed by atoms with van der Waals surface area (Å²) < 4.78 is 22.8. The summed E-state index contributed by atoms with van der Waals surface area (Å²) in [6.45, 7) is 2.83. The SMILES string of the molecule is CCCCCCCCCCCCCCCCCCCC/C=C/CC/C=C/C(O)C(COC1OC(CO)C(OC2OC(CO)C(O)C(O)C2O)C(O)C1O)NC(=O)CCCCCCCCCCCCCCCCCCCCCCC. The molecule has 0 saturated carbocycles. The molecule has 2 rings (SSSR count). The van der Waals surface area contributed by atoms with Crippen molar-refractivity contribution in [3.8, 4) is 0 Å². The molecule has 12 unspecified atom stereocenters. The van der Waals surface area contributed by atoms with Gasteiger partial charge in [0.1, 0.15) is 48.8 Å². The molecule has 2 fully saturated rings. The zero-order chi connectivity index (χ0) is 57.4. The van der Waals surface area contributed by atoms with E-state index >= 15 is 0 Å². The van der Waals surface area contributed by atoms with Gasteiger partial charge >= 0.3 is 0 Å². The fourth-order valence-electron chi connectivity index (χ4n) is 11.1. The van der Waals surface area contributed by atoms with Crippen LogP contribution in [0.25, 0.3) is 0 Å². The van der Waals surface area contributed by atoms with Gasteiger partial charge in [0.05, 0.1) is 32.0 Å². The lowest BCUT2D eigenvalue weighted by Crippen LogP contribution is -2.65. The molecular formula is C65H123NO13. The Labute approximate surface area is 481 Å². The highest BCUT2D eigenvalue weighted by molar-refractivity contribution is 5.76. The molecule has 2 aliphatic rings. The molecule has 0 radical (unpaired) electrons. The van der Waals surface area contributed by atoms with Crippen molar-refractivity contribution >= 4 is 5.91 Å². The van der Waals surface area contributed by atoms with Crippen LogP contribution >= 0.6 is 0 Å². The molecule has 2 aliphatic heterocycles. The second-order valence-electron chi connectivity index (χ2n) is 23.6. The van der Waals surface area contributed by atoms with Crippen LogP contribution in [0.5, 0.6) is 0 Å². The van der Waals surface area contributed by atoms with Crippen LogP contribution in [-0.2, 0) is 23.7 Å². The molecule has 0 bridgehead atoms. The summed E-state index contributed by atoms with van der Waals surface area (Å²) in [4.78, 5) is 13.3. The molecule has 2 heterocycles. The molecule has 0 aromatic rings. The molecule has 14 heteroatoms. The number of nitrogens with one attached hydrogen (secondary N) is 1. The average Bonchev–Trinajstić information content (AvgIpc) is 3.47. The maximum absolute atomic E-state index is 13.3. The number of rotatable bonds is 54. The minimum absolute atomic E-state index is 0.243. The number of allylic oxidation sites excluding steroid dienone is 3. The van der Waals surface area contributed by atoms with Crippen molar-refractivity contribution in [1.82, 2.24) is 5.32 Å². The molecule has 0 aliphatic carbocycles. The fourth-order valence-corrected chi connectivity index (χ4v) is 11.1. The molecule has 12 atom stereocenters. The van der Waals surface area contributed by atoms with Crippen LogP contribution in [0.4, 0.5) is 0 Å². The molecule has 1 amide bonds. The van der Waals surface area contributed by atoms with E-state index in [1.807, 2.05) is 6.08 Å². The van der Waals surface area contributed by atoms with Crippen molar-refractivity contribution in [3.63, 3.8) is 0 Å². The molecule has 0 aromatic heterocycles. The van der Waals surface area contributed by atoms with Gasteiger partial charge in [-0.15, -0.1) is 0 Å². The molecule has 2 saturated heterocycles.